The SMILES string of the molecule is Cc1ccccc1C(c1ccccc1C)N1[CH]N(C(c2ccccc2C)c2ccccc2C)[C@@H](c2ccccc2)[C@@H]1c1ccccc1.[Cl-].[Cu+]. The Kier molecular flexibility index (Phi) is 12.0. The van der Waals surface area contributed by atoms with E-state index >= 15 is 0 Å². The molecule has 1 saturated heterocycles. The zero-order chi connectivity index (χ0) is 32.3. The van der Waals surface area contributed by atoms with E-state index in [2.05, 4.69) is 202 Å². The van der Waals surface area contributed by atoms with Crippen molar-refractivity contribution < 1.29 is 29.5 Å². The molecular weight excluding hydrogens is 668 g/mol. The Morgan fingerprint density at radius 1 is 0.367 bits per heavy atom. The van der Waals surface area contributed by atoms with E-state index in [-0.39, 0.29) is 53.6 Å². The molecule has 0 saturated carbocycles. The molecule has 6 aromatic carbocycles. The second-order valence-electron chi connectivity index (χ2n) is 13.0. The van der Waals surface area contributed by atoms with Gasteiger partial charge in [0.05, 0.1) is 30.8 Å². The Morgan fingerprint density at radius 2 is 0.612 bits per heavy atom. The average Bonchev–Trinajstić information content (AvgIpc) is 3.49. The maximum Gasteiger partial charge on any atom is 1.00 e. The normalized spacial score (nSPS) is 16.4. The van der Waals surface area contributed by atoms with Gasteiger partial charge in [0.15, 0.2) is 0 Å². The summed E-state index contributed by atoms with van der Waals surface area (Å²) in [6.45, 7) is 11.5. The molecule has 1 aliphatic heterocycles. The quantitative estimate of drug-likeness (QED) is 0.148. The zero-order valence-corrected chi connectivity index (χ0v) is 30.2. The molecular formula is C45H43ClCuN2. The molecule has 4 heteroatoms. The zero-order valence-electron chi connectivity index (χ0n) is 28.5. The third-order valence-corrected chi connectivity index (χ3v) is 10.0. The van der Waals surface area contributed by atoms with Crippen LogP contribution in [0.15, 0.2) is 158 Å². The topological polar surface area (TPSA) is 6.48 Å². The molecule has 1 radical (unpaired) electrons. The molecule has 7 rings (SSSR count). The molecule has 1 heterocycles. The number of hydrogen-bond donors (Lipinski definition) is 0. The second kappa shape index (κ2) is 16.2. The molecule has 251 valence electrons. The van der Waals surface area contributed by atoms with Crippen LogP contribution in [0.5, 0.6) is 0 Å². The van der Waals surface area contributed by atoms with Gasteiger partial charge in [0.2, 0.25) is 0 Å². The van der Waals surface area contributed by atoms with Crippen molar-refractivity contribution in [3.63, 3.8) is 0 Å². The van der Waals surface area contributed by atoms with Crippen LogP contribution in [-0.4, -0.2) is 9.80 Å². The summed E-state index contributed by atoms with van der Waals surface area (Å²) in [5, 5.41) is 0. The van der Waals surface area contributed by atoms with E-state index in [4.69, 9.17) is 0 Å². The van der Waals surface area contributed by atoms with Crippen molar-refractivity contribution in [2.24, 2.45) is 0 Å². The largest absolute Gasteiger partial charge is 1.00 e. The molecule has 1 fully saturated rings. The van der Waals surface area contributed by atoms with Gasteiger partial charge in [-0.25, -0.2) is 0 Å². The average molecular weight is 711 g/mol. The van der Waals surface area contributed by atoms with Crippen molar-refractivity contribution >= 4 is 0 Å². The summed E-state index contributed by atoms with van der Waals surface area (Å²) in [7, 11) is 0. The van der Waals surface area contributed by atoms with Gasteiger partial charge in [-0.3, -0.25) is 9.80 Å². The molecule has 0 spiro atoms. The molecule has 2 nitrogen and oxygen atoms in total. The summed E-state index contributed by atoms with van der Waals surface area (Å²) >= 11 is 0. The Morgan fingerprint density at radius 3 is 0.878 bits per heavy atom. The van der Waals surface area contributed by atoms with E-state index in [9.17, 15) is 0 Å². The summed E-state index contributed by atoms with van der Waals surface area (Å²) in [6.07, 6.45) is 0. The molecule has 0 aromatic heterocycles. The van der Waals surface area contributed by atoms with Crippen molar-refractivity contribution in [2.45, 2.75) is 51.9 Å². The van der Waals surface area contributed by atoms with Gasteiger partial charge >= 0.3 is 17.1 Å². The molecule has 49 heavy (non-hydrogen) atoms. The third kappa shape index (κ3) is 7.19. The smallest absolute Gasteiger partial charge is 1.00 e. The standard InChI is InChI=1S/C45H43N2.ClH.Cu/c1-32-19-11-15-27-38(32)44(39-28-16-12-20-33(39)2)46-31-47(43(37-25-9-6-10-26-37)42(46)36-23-7-5-8-24-36)45(40-29-17-13-21-34(40)3)41-30-18-14-22-35(41)4;;/h5-31,42-45H,1-4H3;1H;/q;;+1/p-1/t42-,43-;;/m0../s1. The van der Waals surface area contributed by atoms with Gasteiger partial charge in [-0.15, -0.1) is 0 Å². The fourth-order valence-corrected chi connectivity index (χ4v) is 7.64. The van der Waals surface area contributed by atoms with E-state index in [1.165, 1.54) is 55.6 Å². The van der Waals surface area contributed by atoms with Gasteiger partial charge in [-0.1, -0.05) is 158 Å². The van der Waals surface area contributed by atoms with E-state index < -0.39 is 0 Å². The number of aryl methyl sites for hydroxylation is 4. The van der Waals surface area contributed by atoms with Crippen molar-refractivity contribution in [1.29, 1.82) is 0 Å². The first-order chi connectivity index (χ1) is 23.0. The minimum Gasteiger partial charge on any atom is -1.00 e. The molecule has 0 N–H and O–H groups in total. The van der Waals surface area contributed by atoms with Crippen LogP contribution >= 0.6 is 0 Å². The first kappa shape index (κ1) is 36.3. The van der Waals surface area contributed by atoms with E-state index in [1.54, 1.807) is 0 Å². The minimum atomic E-state index is 0. The first-order valence-corrected chi connectivity index (χ1v) is 16.7. The molecule has 1 aliphatic rings. The Hall–Kier alpha value is -3.95. The summed E-state index contributed by atoms with van der Waals surface area (Å²) in [6, 6.07) is 58.1. The summed E-state index contributed by atoms with van der Waals surface area (Å²) in [4.78, 5) is 5.34. The molecule has 0 unspecified atom stereocenters. The van der Waals surface area contributed by atoms with Crippen LogP contribution in [0.25, 0.3) is 0 Å². The van der Waals surface area contributed by atoms with Gasteiger partial charge in [0, 0.05) is 0 Å². The Bertz CT molecular complexity index is 1730. The van der Waals surface area contributed by atoms with Gasteiger partial charge < -0.3 is 12.4 Å². The number of halogens is 1. The summed E-state index contributed by atoms with van der Waals surface area (Å²) in [5.74, 6) is 0. The Balaban J connectivity index is 0.00000234. The van der Waals surface area contributed by atoms with Crippen molar-refractivity contribution in [1.82, 2.24) is 9.80 Å². The van der Waals surface area contributed by atoms with Gasteiger partial charge in [-0.05, 0) is 83.3 Å². The van der Waals surface area contributed by atoms with Crippen molar-refractivity contribution in [3.05, 3.63) is 220 Å². The third-order valence-electron chi connectivity index (χ3n) is 10.0. The van der Waals surface area contributed by atoms with Crippen LogP contribution in [0.1, 0.15) is 79.8 Å². The van der Waals surface area contributed by atoms with Crippen LogP contribution in [0, 0.1) is 34.4 Å². The van der Waals surface area contributed by atoms with Gasteiger partial charge in [-0.2, -0.15) is 0 Å². The summed E-state index contributed by atoms with van der Waals surface area (Å²) in [5.41, 5.74) is 13.1. The van der Waals surface area contributed by atoms with Crippen LogP contribution < -0.4 is 12.4 Å². The maximum absolute atomic E-state index is 2.67. The van der Waals surface area contributed by atoms with Crippen LogP contribution in [0.2, 0.25) is 0 Å². The molecule has 2 atom stereocenters. The Labute approximate surface area is 309 Å². The van der Waals surface area contributed by atoms with E-state index in [1.807, 2.05) is 0 Å². The first-order valence-electron chi connectivity index (χ1n) is 16.7. The van der Waals surface area contributed by atoms with E-state index in [0.717, 1.165) is 0 Å². The van der Waals surface area contributed by atoms with Gasteiger partial charge in [0.25, 0.3) is 0 Å². The van der Waals surface area contributed by atoms with E-state index in [0.29, 0.717) is 0 Å². The number of hydrogen-bond acceptors (Lipinski definition) is 2. The number of benzene rings is 6. The fraction of sp³-hybridized carbons (Fsp3) is 0.178. The number of nitrogens with zero attached hydrogens (tertiary/aromatic N) is 2. The van der Waals surface area contributed by atoms with Gasteiger partial charge in [0.1, 0.15) is 0 Å². The van der Waals surface area contributed by atoms with Crippen molar-refractivity contribution in [3.8, 4) is 0 Å². The molecule has 0 aliphatic carbocycles. The van der Waals surface area contributed by atoms with Crippen molar-refractivity contribution in [2.75, 3.05) is 0 Å². The molecule has 0 bridgehead atoms. The van der Waals surface area contributed by atoms with Crippen LogP contribution in [0.3, 0.4) is 0 Å². The summed E-state index contributed by atoms with van der Waals surface area (Å²) < 4.78 is 0. The predicted octanol–water partition coefficient (Wildman–Crippen LogP) is 8.02. The maximum atomic E-state index is 2.67. The monoisotopic (exact) mass is 709 g/mol. The fourth-order valence-electron chi connectivity index (χ4n) is 7.64. The predicted molar refractivity (Wildman–Crippen MR) is 195 cm³/mol. The van der Waals surface area contributed by atoms with Crippen LogP contribution in [-0.2, 0) is 17.1 Å². The number of rotatable bonds is 8. The minimum absolute atomic E-state index is 0. The molecule has 0 amide bonds. The van der Waals surface area contributed by atoms with Crippen LogP contribution in [0.4, 0.5) is 0 Å². The second-order valence-corrected chi connectivity index (χ2v) is 13.0. The molecule has 6 aromatic rings.